The molecular formula is C17H15FN4OS. The highest BCUT2D eigenvalue weighted by atomic mass is 32.1. The van der Waals surface area contributed by atoms with E-state index in [0.717, 1.165) is 23.0 Å². The first kappa shape index (κ1) is 16.2. The third-order valence-corrected chi connectivity index (χ3v) is 4.39. The van der Waals surface area contributed by atoms with Crippen LogP contribution in [-0.4, -0.2) is 27.4 Å². The maximum absolute atomic E-state index is 13.0. The van der Waals surface area contributed by atoms with Gasteiger partial charge in [0.05, 0.1) is 24.1 Å². The number of aromatic nitrogens is 3. The lowest BCUT2D eigenvalue weighted by atomic mass is 10.0. The Morgan fingerprint density at radius 1 is 1.25 bits per heavy atom. The fraction of sp³-hybridized carbons (Fsp3) is 0.176. The molecule has 3 aromatic rings. The van der Waals surface area contributed by atoms with E-state index in [9.17, 15) is 9.18 Å². The van der Waals surface area contributed by atoms with E-state index in [-0.39, 0.29) is 5.91 Å². The lowest BCUT2D eigenvalue weighted by Crippen LogP contribution is -2.30. The molecule has 0 saturated carbocycles. The average Bonchev–Trinajstić information content (AvgIpc) is 3.11. The van der Waals surface area contributed by atoms with Gasteiger partial charge in [0, 0.05) is 17.7 Å². The molecule has 0 radical (unpaired) electrons. The fourth-order valence-corrected chi connectivity index (χ4v) is 3.03. The minimum absolute atomic E-state index is 0.108. The van der Waals surface area contributed by atoms with Crippen molar-refractivity contribution in [2.24, 2.45) is 0 Å². The Bertz CT molecular complexity index is 850. The number of aryl methyl sites for hydroxylation is 1. The summed E-state index contributed by atoms with van der Waals surface area (Å²) in [6.07, 6.45) is 3.90. The second kappa shape index (κ2) is 6.84. The molecule has 2 heterocycles. The average molecular weight is 342 g/mol. The van der Waals surface area contributed by atoms with Gasteiger partial charge in [-0.3, -0.25) is 14.7 Å². The Kier molecular flexibility index (Phi) is 4.61. The highest BCUT2D eigenvalue weighted by molar-refractivity contribution is 7.14. The van der Waals surface area contributed by atoms with E-state index in [0.29, 0.717) is 23.5 Å². The summed E-state index contributed by atoms with van der Waals surface area (Å²) in [4.78, 5) is 26.6. The highest BCUT2D eigenvalue weighted by Crippen LogP contribution is 2.25. The maximum Gasteiger partial charge on any atom is 0.259 e. The molecule has 0 atom stereocenters. The second-order valence-electron chi connectivity index (χ2n) is 5.14. The predicted molar refractivity (Wildman–Crippen MR) is 91.6 cm³/mol. The molecule has 3 rings (SSSR count). The highest BCUT2D eigenvalue weighted by Gasteiger charge is 2.20. The molecule has 1 aromatic carbocycles. The van der Waals surface area contributed by atoms with Crippen molar-refractivity contribution in [3.63, 3.8) is 0 Å². The molecule has 1 amide bonds. The van der Waals surface area contributed by atoms with Gasteiger partial charge in [0.1, 0.15) is 5.00 Å². The number of anilines is 1. The van der Waals surface area contributed by atoms with E-state index in [4.69, 9.17) is 0 Å². The minimum atomic E-state index is -0.496. The van der Waals surface area contributed by atoms with E-state index in [1.807, 2.05) is 26.0 Å². The number of rotatable bonds is 4. The summed E-state index contributed by atoms with van der Waals surface area (Å²) < 4.78 is 13.0. The smallest absolute Gasteiger partial charge is 0.259 e. The number of hydrogen-bond donors (Lipinski definition) is 0. The van der Waals surface area contributed by atoms with Gasteiger partial charge in [-0.05, 0) is 25.5 Å². The summed E-state index contributed by atoms with van der Waals surface area (Å²) in [6.45, 7) is 4.33. The lowest BCUT2D eigenvalue weighted by molar-refractivity contribution is 0.0988. The Hall–Kier alpha value is -2.67. The zero-order chi connectivity index (χ0) is 17.1. The van der Waals surface area contributed by atoms with E-state index in [2.05, 4.69) is 15.0 Å². The predicted octanol–water partition coefficient (Wildman–Crippen LogP) is 3.71. The first-order chi connectivity index (χ1) is 11.6. The van der Waals surface area contributed by atoms with Gasteiger partial charge in [-0.2, -0.15) is 0 Å². The summed E-state index contributed by atoms with van der Waals surface area (Å²) >= 11 is 1.41. The number of carbonyl (C=O) groups excluding carboxylic acids is 1. The maximum atomic E-state index is 13.0. The number of hydrogen-bond acceptors (Lipinski definition) is 5. The zero-order valence-corrected chi connectivity index (χ0v) is 14.0. The molecule has 5 nitrogen and oxygen atoms in total. The van der Waals surface area contributed by atoms with Crippen LogP contribution < -0.4 is 4.90 Å². The van der Waals surface area contributed by atoms with Crippen molar-refractivity contribution in [3.05, 3.63) is 59.2 Å². The van der Waals surface area contributed by atoms with Crippen molar-refractivity contribution in [2.45, 2.75) is 13.8 Å². The monoisotopic (exact) mass is 342 g/mol. The summed E-state index contributed by atoms with van der Waals surface area (Å²) in [5.74, 6) is -0.223. The Morgan fingerprint density at radius 3 is 2.62 bits per heavy atom. The van der Waals surface area contributed by atoms with Gasteiger partial charge in [0.2, 0.25) is 0 Å². The molecule has 0 unspecified atom stereocenters. The Labute approximate surface area is 142 Å². The van der Waals surface area contributed by atoms with Crippen LogP contribution in [-0.2, 0) is 0 Å². The van der Waals surface area contributed by atoms with Crippen LogP contribution in [0.5, 0.6) is 0 Å². The largest absolute Gasteiger partial charge is 0.299 e. The summed E-state index contributed by atoms with van der Waals surface area (Å²) in [6, 6.07) is 5.41. The minimum Gasteiger partial charge on any atom is -0.299 e. The molecule has 122 valence electrons. The van der Waals surface area contributed by atoms with E-state index in [1.165, 1.54) is 11.3 Å². The summed E-state index contributed by atoms with van der Waals surface area (Å²) in [5.41, 5.74) is 3.79. The first-order valence-corrected chi connectivity index (χ1v) is 8.27. The van der Waals surface area contributed by atoms with Gasteiger partial charge in [0.15, 0.2) is 11.6 Å². The van der Waals surface area contributed by atoms with Gasteiger partial charge in [-0.15, -0.1) is 11.3 Å². The molecule has 0 spiro atoms. The topological polar surface area (TPSA) is 59.0 Å². The van der Waals surface area contributed by atoms with E-state index < -0.39 is 5.82 Å². The van der Waals surface area contributed by atoms with Crippen LogP contribution >= 0.6 is 11.3 Å². The van der Waals surface area contributed by atoms with Gasteiger partial charge in [-0.25, -0.2) is 14.4 Å². The van der Waals surface area contributed by atoms with Crippen LogP contribution in [0.1, 0.15) is 22.8 Å². The van der Waals surface area contributed by atoms with Crippen molar-refractivity contribution >= 4 is 22.2 Å². The van der Waals surface area contributed by atoms with Crippen LogP contribution in [0, 0.1) is 12.7 Å². The standard InChI is InChI=1S/C17H15FN4OS/c1-3-22(15-9-19-10-24-15)17(23)14-6-12(5-4-11(14)2)16-20-7-13(18)8-21-16/h4-10H,3H2,1-2H3. The molecule has 0 fully saturated rings. The second-order valence-corrected chi connectivity index (χ2v) is 6.01. The van der Waals surface area contributed by atoms with Crippen LogP contribution in [0.4, 0.5) is 9.39 Å². The fourth-order valence-electron chi connectivity index (χ4n) is 2.34. The van der Waals surface area contributed by atoms with Crippen LogP contribution in [0.3, 0.4) is 0 Å². The Morgan fingerprint density at radius 2 is 2.00 bits per heavy atom. The van der Waals surface area contributed by atoms with Crippen molar-refractivity contribution in [2.75, 3.05) is 11.4 Å². The molecule has 0 aliphatic heterocycles. The number of nitrogens with zero attached hydrogens (tertiary/aromatic N) is 4. The third kappa shape index (κ3) is 3.16. The quantitative estimate of drug-likeness (QED) is 0.725. The van der Waals surface area contributed by atoms with Crippen molar-refractivity contribution in [3.8, 4) is 11.4 Å². The number of carbonyl (C=O) groups is 1. The van der Waals surface area contributed by atoms with E-state index >= 15 is 0 Å². The van der Waals surface area contributed by atoms with Gasteiger partial charge in [0.25, 0.3) is 5.91 Å². The SMILES string of the molecule is CCN(C(=O)c1cc(-c2ncc(F)cn2)ccc1C)c1cncs1. The molecule has 0 N–H and O–H groups in total. The van der Waals surface area contributed by atoms with Crippen molar-refractivity contribution in [1.29, 1.82) is 0 Å². The van der Waals surface area contributed by atoms with Gasteiger partial charge in [-0.1, -0.05) is 12.1 Å². The molecule has 2 aromatic heterocycles. The molecule has 0 aliphatic carbocycles. The normalized spacial score (nSPS) is 10.6. The van der Waals surface area contributed by atoms with Crippen LogP contribution in [0.25, 0.3) is 11.4 Å². The molecule has 7 heteroatoms. The van der Waals surface area contributed by atoms with E-state index in [1.54, 1.807) is 22.7 Å². The van der Waals surface area contributed by atoms with Gasteiger partial charge >= 0.3 is 0 Å². The first-order valence-electron chi connectivity index (χ1n) is 7.39. The molecule has 0 aliphatic rings. The molecule has 0 saturated heterocycles. The number of halogens is 1. The van der Waals surface area contributed by atoms with Gasteiger partial charge < -0.3 is 0 Å². The zero-order valence-electron chi connectivity index (χ0n) is 13.2. The Balaban J connectivity index is 1.99. The summed E-state index contributed by atoms with van der Waals surface area (Å²) in [7, 11) is 0. The van der Waals surface area contributed by atoms with Crippen molar-refractivity contribution in [1.82, 2.24) is 15.0 Å². The molecule has 24 heavy (non-hydrogen) atoms. The van der Waals surface area contributed by atoms with Crippen molar-refractivity contribution < 1.29 is 9.18 Å². The summed E-state index contributed by atoms with van der Waals surface area (Å²) in [5, 5.41) is 0.797. The molecule has 0 bridgehead atoms. The number of amides is 1. The molecular weight excluding hydrogens is 327 g/mol. The lowest BCUT2D eigenvalue weighted by Gasteiger charge is -2.20. The number of benzene rings is 1. The van der Waals surface area contributed by atoms with Crippen LogP contribution in [0.2, 0.25) is 0 Å². The number of thiazole rings is 1. The van der Waals surface area contributed by atoms with Crippen LogP contribution in [0.15, 0.2) is 42.3 Å². The third-order valence-electron chi connectivity index (χ3n) is 3.59.